The quantitative estimate of drug-likeness (QED) is 0.763. The molecule has 0 atom stereocenters. The third-order valence-electron chi connectivity index (χ3n) is 2.78. The van der Waals surface area contributed by atoms with Crippen molar-refractivity contribution in [3.05, 3.63) is 53.0 Å². The molecule has 0 saturated heterocycles. The monoisotopic (exact) mass is 361 g/mol. The summed E-state index contributed by atoms with van der Waals surface area (Å²) in [7, 11) is 0. The van der Waals surface area contributed by atoms with Crippen LogP contribution in [0.4, 0.5) is 17.1 Å². The number of hydrogen-bond acceptors (Lipinski definition) is 3. The van der Waals surface area contributed by atoms with Crippen molar-refractivity contribution in [2.75, 3.05) is 22.5 Å². The molecule has 0 heterocycles. The van der Waals surface area contributed by atoms with E-state index >= 15 is 0 Å². The molecule has 0 radical (unpaired) electrons. The highest BCUT2D eigenvalue weighted by molar-refractivity contribution is 9.10. The molecule has 22 heavy (non-hydrogen) atoms. The van der Waals surface area contributed by atoms with Crippen LogP contribution in [-0.4, -0.2) is 18.4 Å². The van der Waals surface area contributed by atoms with Gasteiger partial charge in [0.2, 0.25) is 11.8 Å². The second-order valence-corrected chi connectivity index (χ2v) is 5.50. The minimum atomic E-state index is -0.171. The number of para-hydroxylation sites is 1. The molecule has 5 nitrogen and oxygen atoms in total. The average molecular weight is 362 g/mol. The Morgan fingerprint density at radius 3 is 2.36 bits per heavy atom. The Hall–Kier alpha value is -2.34. The number of nitrogens with one attached hydrogen (secondary N) is 3. The molecule has 2 rings (SSSR count). The Morgan fingerprint density at radius 1 is 1.00 bits per heavy atom. The van der Waals surface area contributed by atoms with Gasteiger partial charge in [0.15, 0.2) is 0 Å². The van der Waals surface area contributed by atoms with Crippen LogP contribution in [0.15, 0.2) is 53.0 Å². The maximum atomic E-state index is 12.0. The Morgan fingerprint density at radius 2 is 1.68 bits per heavy atom. The van der Waals surface area contributed by atoms with Gasteiger partial charge in [0.1, 0.15) is 0 Å². The lowest BCUT2D eigenvalue weighted by Crippen LogP contribution is -2.22. The molecule has 2 aromatic carbocycles. The first kappa shape index (κ1) is 16.0. The topological polar surface area (TPSA) is 70.2 Å². The predicted molar refractivity (Wildman–Crippen MR) is 92.0 cm³/mol. The van der Waals surface area contributed by atoms with Gasteiger partial charge in [0, 0.05) is 28.5 Å². The number of carbonyl (C=O) groups excluding carboxylic acids is 2. The zero-order valence-electron chi connectivity index (χ0n) is 12.0. The van der Waals surface area contributed by atoms with Gasteiger partial charge in [-0.15, -0.1) is 0 Å². The van der Waals surface area contributed by atoms with Crippen molar-refractivity contribution in [3.8, 4) is 0 Å². The van der Waals surface area contributed by atoms with E-state index < -0.39 is 0 Å². The molecule has 0 saturated carbocycles. The van der Waals surface area contributed by atoms with Crippen LogP contribution in [0.1, 0.15) is 6.92 Å². The van der Waals surface area contributed by atoms with Crippen molar-refractivity contribution >= 4 is 44.8 Å². The highest BCUT2D eigenvalue weighted by Crippen LogP contribution is 2.21. The van der Waals surface area contributed by atoms with Gasteiger partial charge in [-0.25, -0.2) is 0 Å². The Balaban J connectivity index is 1.92. The van der Waals surface area contributed by atoms with Crippen molar-refractivity contribution in [2.45, 2.75) is 6.92 Å². The minimum Gasteiger partial charge on any atom is -0.375 e. The van der Waals surface area contributed by atoms with E-state index in [9.17, 15) is 9.59 Å². The van der Waals surface area contributed by atoms with Crippen LogP contribution in [0, 0.1) is 0 Å². The fourth-order valence-electron chi connectivity index (χ4n) is 1.86. The van der Waals surface area contributed by atoms with Gasteiger partial charge in [-0.05, 0) is 46.3 Å². The average Bonchev–Trinajstić information content (AvgIpc) is 2.46. The molecule has 6 heteroatoms. The molecule has 0 aliphatic rings. The fourth-order valence-corrected chi connectivity index (χ4v) is 2.29. The number of halogens is 1. The molecular formula is C16H16BrN3O2. The first-order valence-electron chi connectivity index (χ1n) is 6.70. The van der Waals surface area contributed by atoms with E-state index in [4.69, 9.17) is 0 Å². The summed E-state index contributed by atoms with van der Waals surface area (Å²) in [5.41, 5.74) is 2.12. The molecule has 0 aliphatic heterocycles. The summed E-state index contributed by atoms with van der Waals surface area (Å²) in [6.45, 7) is 1.58. The fraction of sp³-hybridized carbons (Fsp3) is 0.125. The van der Waals surface area contributed by atoms with Crippen LogP contribution in [-0.2, 0) is 9.59 Å². The molecule has 0 unspecified atom stereocenters. The molecule has 0 aliphatic carbocycles. The largest absolute Gasteiger partial charge is 0.375 e. The van der Waals surface area contributed by atoms with Crippen molar-refractivity contribution in [1.29, 1.82) is 0 Å². The molecular weight excluding hydrogens is 346 g/mol. The van der Waals surface area contributed by atoms with Crippen LogP contribution in [0.25, 0.3) is 0 Å². The SMILES string of the molecule is CC(=O)Nc1cccc(NC(=O)CNc2ccccc2Br)c1. The molecule has 2 amide bonds. The lowest BCUT2D eigenvalue weighted by atomic mass is 10.2. The smallest absolute Gasteiger partial charge is 0.243 e. The summed E-state index contributed by atoms with van der Waals surface area (Å²) < 4.78 is 0.899. The Kier molecular flexibility index (Phi) is 5.55. The van der Waals surface area contributed by atoms with E-state index in [2.05, 4.69) is 31.9 Å². The van der Waals surface area contributed by atoms with Gasteiger partial charge in [-0.3, -0.25) is 9.59 Å². The third-order valence-corrected chi connectivity index (χ3v) is 3.47. The lowest BCUT2D eigenvalue weighted by molar-refractivity contribution is -0.115. The second kappa shape index (κ2) is 7.61. The Bertz CT molecular complexity index is 689. The van der Waals surface area contributed by atoms with E-state index in [-0.39, 0.29) is 18.4 Å². The predicted octanol–water partition coefficient (Wildman–Crippen LogP) is 3.46. The highest BCUT2D eigenvalue weighted by Gasteiger charge is 2.05. The normalized spacial score (nSPS) is 9.91. The number of amides is 2. The molecule has 0 aromatic heterocycles. The van der Waals surface area contributed by atoms with Gasteiger partial charge in [-0.1, -0.05) is 18.2 Å². The number of rotatable bonds is 5. The van der Waals surface area contributed by atoms with Crippen LogP contribution in [0.2, 0.25) is 0 Å². The van der Waals surface area contributed by atoms with Crippen LogP contribution in [0.3, 0.4) is 0 Å². The lowest BCUT2D eigenvalue weighted by Gasteiger charge is -2.10. The van der Waals surface area contributed by atoms with E-state index in [0.717, 1.165) is 10.2 Å². The van der Waals surface area contributed by atoms with E-state index in [1.165, 1.54) is 6.92 Å². The summed E-state index contributed by atoms with van der Waals surface area (Å²) in [6.07, 6.45) is 0. The molecule has 2 aromatic rings. The van der Waals surface area contributed by atoms with Crippen LogP contribution in [0.5, 0.6) is 0 Å². The zero-order chi connectivity index (χ0) is 15.9. The summed E-state index contributed by atoms with van der Waals surface area (Å²) in [5, 5.41) is 8.50. The molecule has 0 fully saturated rings. The number of anilines is 3. The van der Waals surface area contributed by atoms with Gasteiger partial charge in [0.05, 0.1) is 6.54 Å². The summed E-state index contributed by atoms with van der Waals surface area (Å²) >= 11 is 3.41. The van der Waals surface area contributed by atoms with Gasteiger partial charge < -0.3 is 16.0 Å². The third kappa shape index (κ3) is 4.89. The first-order chi connectivity index (χ1) is 10.5. The first-order valence-corrected chi connectivity index (χ1v) is 7.50. The highest BCUT2D eigenvalue weighted by atomic mass is 79.9. The van der Waals surface area contributed by atoms with Crippen LogP contribution >= 0.6 is 15.9 Å². The molecule has 0 spiro atoms. The summed E-state index contributed by atoms with van der Waals surface area (Å²) in [4.78, 5) is 23.0. The second-order valence-electron chi connectivity index (χ2n) is 4.64. The number of carbonyl (C=O) groups is 2. The van der Waals surface area contributed by atoms with Gasteiger partial charge >= 0.3 is 0 Å². The van der Waals surface area contributed by atoms with Crippen molar-refractivity contribution in [2.24, 2.45) is 0 Å². The summed E-state index contributed by atoms with van der Waals surface area (Å²) in [6, 6.07) is 14.6. The molecule has 0 bridgehead atoms. The number of benzene rings is 2. The maximum absolute atomic E-state index is 12.0. The van der Waals surface area contributed by atoms with E-state index in [0.29, 0.717) is 11.4 Å². The van der Waals surface area contributed by atoms with Crippen molar-refractivity contribution in [1.82, 2.24) is 0 Å². The minimum absolute atomic E-state index is 0.146. The zero-order valence-corrected chi connectivity index (χ0v) is 13.6. The molecule has 114 valence electrons. The van der Waals surface area contributed by atoms with Crippen molar-refractivity contribution < 1.29 is 9.59 Å². The van der Waals surface area contributed by atoms with Crippen LogP contribution < -0.4 is 16.0 Å². The Labute approximate surface area is 137 Å². The molecule has 3 N–H and O–H groups in total. The van der Waals surface area contributed by atoms with Gasteiger partial charge in [-0.2, -0.15) is 0 Å². The standard InChI is InChI=1S/C16H16BrN3O2/c1-11(21)19-12-5-4-6-13(9-12)20-16(22)10-18-15-8-3-2-7-14(15)17/h2-9,18H,10H2,1H3,(H,19,21)(H,20,22). The van der Waals surface area contributed by atoms with Crippen molar-refractivity contribution in [3.63, 3.8) is 0 Å². The number of hydrogen-bond donors (Lipinski definition) is 3. The summed E-state index contributed by atoms with van der Waals surface area (Å²) in [5.74, 6) is -0.324. The van der Waals surface area contributed by atoms with E-state index in [1.807, 2.05) is 24.3 Å². The van der Waals surface area contributed by atoms with Gasteiger partial charge in [0.25, 0.3) is 0 Å². The van der Waals surface area contributed by atoms with E-state index in [1.54, 1.807) is 24.3 Å². The maximum Gasteiger partial charge on any atom is 0.243 e.